The number of benzene rings is 1. The third-order valence-corrected chi connectivity index (χ3v) is 5.68. The van der Waals surface area contributed by atoms with Crippen molar-refractivity contribution in [3.8, 4) is 28.7 Å². The molecule has 3 rings (SSSR count). The van der Waals surface area contributed by atoms with Crippen molar-refractivity contribution in [2.45, 2.75) is 5.09 Å². The molecule has 132 valence electrons. The van der Waals surface area contributed by atoms with E-state index in [0.717, 1.165) is 8.78 Å². The van der Waals surface area contributed by atoms with Gasteiger partial charge in [0.2, 0.25) is 11.0 Å². The topological polar surface area (TPSA) is 98.7 Å². The zero-order valence-corrected chi connectivity index (χ0v) is 16.0. The normalized spacial score (nSPS) is 11.9. The first-order valence-corrected chi connectivity index (χ1v) is 9.25. The molecule has 1 aromatic carbocycles. The number of aromatic nitrogens is 2. The maximum atomic E-state index is 12.0. The summed E-state index contributed by atoms with van der Waals surface area (Å²) in [5, 5.41) is 7.73. The monoisotopic (exact) mass is 427 g/mol. The third kappa shape index (κ3) is 3.32. The lowest BCUT2D eigenvalue weighted by atomic mass is 10.2. The highest BCUT2D eigenvalue weighted by molar-refractivity contribution is 9.10. The molecule has 0 N–H and O–H groups in total. The van der Waals surface area contributed by atoms with Crippen molar-refractivity contribution in [3.63, 3.8) is 0 Å². The lowest BCUT2D eigenvalue weighted by Crippen LogP contribution is -2.21. The van der Waals surface area contributed by atoms with E-state index in [0.29, 0.717) is 16.9 Å². The van der Waals surface area contributed by atoms with Gasteiger partial charge in [0.25, 0.3) is 15.9 Å². The maximum Gasteiger partial charge on any atom is 0.275 e. The fourth-order valence-corrected chi connectivity index (χ4v) is 3.35. The van der Waals surface area contributed by atoms with Crippen molar-refractivity contribution in [2.24, 2.45) is 0 Å². The van der Waals surface area contributed by atoms with Crippen LogP contribution in [0.2, 0.25) is 0 Å². The van der Waals surface area contributed by atoms with Gasteiger partial charge in [-0.05, 0) is 34.1 Å². The number of rotatable bonds is 5. The minimum absolute atomic E-state index is 0.158. The van der Waals surface area contributed by atoms with Crippen LogP contribution in [-0.2, 0) is 10.0 Å². The lowest BCUT2D eigenvalue weighted by molar-refractivity contribution is 0.412. The first-order chi connectivity index (χ1) is 11.8. The van der Waals surface area contributed by atoms with Crippen LogP contribution in [0, 0.1) is 0 Å². The van der Waals surface area contributed by atoms with Crippen LogP contribution in [0.3, 0.4) is 0 Å². The van der Waals surface area contributed by atoms with Gasteiger partial charge >= 0.3 is 0 Å². The second-order valence-electron chi connectivity index (χ2n) is 5.20. The van der Waals surface area contributed by atoms with Gasteiger partial charge in [-0.2, -0.15) is 0 Å². The number of ether oxygens (including phenoxy) is 1. The number of sulfonamides is 1. The van der Waals surface area contributed by atoms with Crippen LogP contribution in [0.1, 0.15) is 0 Å². The van der Waals surface area contributed by atoms with E-state index in [1.807, 2.05) is 0 Å². The molecule has 3 aromatic rings. The van der Waals surface area contributed by atoms with Crippen LogP contribution in [-0.4, -0.2) is 44.1 Å². The Balaban J connectivity index is 1.92. The van der Waals surface area contributed by atoms with Gasteiger partial charge in [-0.1, -0.05) is 0 Å². The standard InChI is InChI=1S/C15H14BrN3O5S/c1-19(2)25(20,21)13-7-10(8-23-13)15-18-17-14(24-15)9-4-5-12(22-3)11(16)6-9/h4-8H,1-3H3. The lowest BCUT2D eigenvalue weighted by Gasteiger charge is -2.07. The first-order valence-electron chi connectivity index (χ1n) is 7.02. The van der Waals surface area contributed by atoms with Crippen LogP contribution in [0.4, 0.5) is 0 Å². The molecule has 2 heterocycles. The van der Waals surface area contributed by atoms with E-state index < -0.39 is 10.0 Å². The van der Waals surface area contributed by atoms with Gasteiger partial charge in [0, 0.05) is 25.7 Å². The first kappa shape index (κ1) is 17.6. The summed E-state index contributed by atoms with van der Waals surface area (Å²) in [4.78, 5) is 0. The highest BCUT2D eigenvalue weighted by Gasteiger charge is 2.23. The number of halogens is 1. The van der Waals surface area contributed by atoms with Gasteiger partial charge in [0.15, 0.2) is 0 Å². The van der Waals surface area contributed by atoms with E-state index >= 15 is 0 Å². The van der Waals surface area contributed by atoms with Gasteiger partial charge in [-0.15, -0.1) is 10.2 Å². The van der Waals surface area contributed by atoms with Crippen molar-refractivity contribution in [2.75, 3.05) is 21.2 Å². The smallest absolute Gasteiger partial charge is 0.275 e. The summed E-state index contributed by atoms with van der Waals surface area (Å²) in [5.74, 6) is 1.12. The van der Waals surface area contributed by atoms with Crippen molar-refractivity contribution >= 4 is 26.0 Å². The molecule has 0 amide bonds. The molecule has 0 saturated carbocycles. The fourth-order valence-electron chi connectivity index (χ4n) is 2.00. The van der Waals surface area contributed by atoms with Crippen molar-refractivity contribution in [1.82, 2.24) is 14.5 Å². The highest BCUT2D eigenvalue weighted by Crippen LogP contribution is 2.32. The van der Waals surface area contributed by atoms with E-state index in [-0.39, 0.29) is 16.9 Å². The second-order valence-corrected chi connectivity index (χ2v) is 8.14. The molecule has 0 aliphatic rings. The third-order valence-electron chi connectivity index (χ3n) is 3.38. The zero-order chi connectivity index (χ0) is 18.2. The Morgan fingerprint density at radius 2 is 1.80 bits per heavy atom. The maximum absolute atomic E-state index is 12.0. The van der Waals surface area contributed by atoms with Gasteiger partial charge < -0.3 is 13.6 Å². The molecule has 10 heteroatoms. The molecular formula is C15H14BrN3O5S. The van der Waals surface area contributed by atoms with Crippen LogP contribution in [0.5, 0.6) is 5.75 Å². The van der Waals surface area contributed by atoms with Crippen molar-refractivity contribution in [3.05, 3.63) is 35.0 Å². The molecule has 0 radical (unpaired) electrons. The van der Waals surface area contributed by atoms with E-state index in [1.54, 1.807) is 25.3 Å². The highest BCUT2D eigenvalue weighted by atomic mass is 79.9. The van der Waals surface area contributed by atoms with Crippen LogP contribution < -0.4 is 4.74 Å². The van der Waals surface area contributed by atoms with Gasteiger partial charge in [-0.25, -0.2) is 12.7 Å². The molecule has 0 bridgehead atoms. The number of nitrogens with zero attached hydrogens (tertiary/aromatic N) is 3. The molecule has 0 atom stereocenters. The van der Waals surface area contributed by atoms with E-state index in [2.05, 4.69) is 26.1 Å². The summed E-state index contributed by atoms with van der Waals surface area (Å²) >= 11 is 3.39. The minimum atomic E-state index is -3.67. The van der Waals surface area contributed by atoms with Gasteiger partial charge in [-0.3, -0.25) is 0 Å². The molecule has 0 saturated heterocycles. The average Bonchev–Trinajstić information content (AvgIpc) is 3.24. The van der Waals surface area contributed by atoms with E-state index in [9.17, 15) is 8.42 Å². The van der Waals surface area contributed by atoms with Crippen LogP contribution in [0.15, 0.2) is 48.9 Å². The predicted octanol–water partition coefficient (Wildman–Crippen LogP) is 3.02. The largest absolute Gasteiger partial charge is 0.496 e. The Bertz CT molecular complexity index is 1010. The summed E-state index contributed by atoms with van der Waals surface area (Å²) < 4.78 is 41.8. The van der Waals surface area contributed by atoms with E-state index in [4.69, 9.17) is 13.6 Å². The predicted molar refractivity (Wildman–Crippen MR) is 92.6 cm³/mol. The van der Waals surface area contributed by atoms with Crippen molar-refractivity contribution in [1.29, 1.82) is 0 Å². The van der Waals surface area contributed by atoms with Gasteiger partial charge in [0.1, 0.15) is 12.0 Å². The summed E-state index contributed by atoms with van der Waals surface area (Å²) in [6, 6.07) is 6.67. The van der Waals surface area contributed by atoms with Crippen LogP contribution >= 0.6 is 15.9 Å². The fraction of sp³-hybridized carbons (Fsp3) is 0.200. The molecule has 0 spiro atoms. The summed E-state index contributed by atoms with van der Waals surface area (Å²) in [6.45, 7) is 0. The quantitative estimate of drug-likeness (QED) is 0.616. The average molecular weight is 428 g/mol. The Kier molecular flexibility index (Phi) is 4.67. The molecule has 25 heavy (non-hydrogen) atoms. The second kappa shape index (κ2) is 6.62. The summed E-state index contributed by atoms with van der Waals surface area (Å²) in [5.41, 5.74) is 1.07. The molecule has 8 nitrogen and oxygen atoms in total. The molecule has 0 aliphatic heterocycles. The Morgan fingerprint density at radius 1 is 1.12 bits per heavy atom. The summed E-state index contributed by atoms with van der Waals surface area (Å²) in [6.07, 6.45) is 1.26. The van der Waals surface area contributed by atoms with Crippen molar-refractivity contribution < 1.29 is 22.0 Å². The SMILES string of the molecule is COc1ccc(-c2nnc(-c3coc(S(=O)(=O)N(C)C)c3)o2)cc1Br. The summed E-state index contributed by atoms with van der Waals surface area (Å²) in [7, 11) is 0.747. The Labute approximate surface area is 152 Å². The van der Waals surface area contributed by atoms with Crippen LogP contribution in [0.25, 0.3) is 22.9 Å². The minimum Gasteiger partial charge on any atom is -0.496 e. The zero-order valence-electron chi connectivity index (χ0n) is 13.6. The molecule has 0 aliphatic carbocycles. The van der Waals surface area contributed by atoms with Gasteiger partial charge in [0.05, 0.1) is 17.1 Å². The molecule has 0 fully saturated rings. The Morgan fingerprint density at radius 3 is 2.40 bits per heavy atom. The Hall–Kier alpha value is -2.17. The number of hydrogen-bond acceptors (Lipinski definition) is 7. The molecule has 2 aromatic heterocycles. The molecular weight excluding hydrogens is 414 g/mol. The molecule has 0 unspecified atom stereocenters. The number of hydrogen-bond donors (Lipinski definition) is 0. The van der Waals surface area contributed by atoms with E-state index in [1.165, 1.54) is 26.4 Å². The number of methoxy groups -OCH3 is 1. The number of furan rings is 1.